The zero-order valence-electron chi connectivity index (χ0n) is 17.2. The highest BCUT2D eigenvalue weighted by Crippen LogP contribution is 2.37. The molecule has 1 atom stereocenters. The van der Waals surface area contributed by atoms with Gasteiger partial charge >= 0.3 is 0 Å². The van der Waals surface area contributed by atoms with Crippen LogP contribution >= 0.6 is 11.5 Å². The van der Waals surface area contributed by atoms with Gasteiger partial charge in [0.15, 0.2) is 4.83 Å². The molecule has 0 spiro atoms. The van der Waals surface area contributed by atoms with Gasteiger partial charge in [0.25, 0.3) is 5.56 Å². The number of nitrogens with one attached hydrogen (secondary N) is 1. The smallest absolute Gasteiger partial charge is 0.261 e. The van der Waals surface area contributed by atoms with E-state index in [2.05, 4.69) is 14.3 Å². The number of hydrogen-bond acceptors (Lipinski definition) is 7. The second-order valence-electron chi connectivity index (χ2n) is 8.38. The summed E-state index contributed by atoms with van der Waals surface area (Å²) in [6.45, 7) is 1.78. The van der Waals surface area contributed by atoms with Crippen molar-refractivity contribution in [3.8, 4) is 17.1 Å². The van der Waals surface area contributed by atoms with E-state index >= 15 is 0 Å². The van der Waals surface area contributed by atoms with Crippen LogP contribution in [0, 0.1) is 0 Å². The Balaban J connectivity index is 1.52. The molecule has 2 aliphatic rings. The molecule has 1 saturated heterocycles. The van der Waals surface area contributed by atoms with Crippen LogP contribution < -0.4 is 20.9 Å². The first-order valence-electron chi connectivity index (χ1n) is 10.7. The molecule has 0 amide bonds. The molecule has 1 aliphatic carbocycles. The van der Waals surface area contributed by atoms with E-state index in [0.29, 0.717) is 27.7 Å². The number of aromatic nitrogens is 3. The van der Waals surface area contributed by atoms with Crippen molar-refractivity contribution in [1.82, 2.24) is 14.3 Å². The number of nitrogens with two attached hydrogens (primary N) is 1. The number of benzene rings is 1. The zero-order chi connectivity index (χ0) is 20.7. The van der Waals surface area contributed by atoms with Crippen molar-refractivity contribution in [2.45, 2.75) is 50.5 Å². The van der Waals surface area contributed by atoms with Crippen LogP contribution in [-0.2, 0) is 0 Å². The SMILES string of the molecule is COc1cc(N2CC[C@H](N)C2)ccc1-c1nc2snc(C3CCCCC3)c2c(=O)[nH]1. The maximum atomic E-state index is 13.0. The number of rotatable bonds is 4. The van der Waals surface area contributed by atoms with Gasteiger partial charge in [-0.05, 0) is 42.9 Å². The highest BCUT2D eigenvalue weighted by Gasteiger charge is 2.24. The standard InChI is InChI=1S/C22H27N5O2S/c1-29-17-11-15(27-10-9-14(23)12-27)7-8-16(17)20-24-21(28)18-19(26-30-22(18)25-20)13-5-3-2-4-6-13/h7-8,11,13-14H,2-6,9-10,12,23H2,1H3,(H,24,25,28)/t14-/m0/s1. The molecule has 3 aromatic rings. The first kappa shape index (κ1) is 19.5. The Morgan fingerprint density at radius 1 is 1.23 bits per heavy atom. The lowest BCUT2D eigenvalue weighted by atomic mass is 9.86. The average Bonchev–Trinajstić information content (AvgIpc) is 3.40. The van der Waals surface area contributed by atoms with E-state index in [1.807, 2.05) is 18.2 Å². The van der Waals surface area contributed by atoms with Gasteiger partial charge in [0.1, 0.15) is 17.0 Å². The number of methoxy groups -OCH3 is 1. The molecule has 5 rings (SSSR count). The summed E-state index contributed by atoms with van der Waals surface area (Å²) in [5.41, 5.74) is 8.72. The Morgan fingerprint density at radius 2 is 2.07 bits per heavy atom. The Bertz CT molecular complexity index is 1120. The van der Waals surface area contributed by atoms with E-state index < -0.39 is 0 Å². The van der Waals surface area contributed by atoms with Crippen LogP contribution in [0.2, 0.25) is 0 Å². The number of anilines is 1. The molecular weight excluding hydrogens is 398 g/mol. The largest absolute Gasteiger partial charge is 0.496 e. The molecule has 0 radical (unpaired) electrons. The highest BCUT2D eigenvalue weighted by molar-refractivity contribution is 7.12. The van der Waals surface area contributed by atoms with Gasteiger partial charge in [0, 0.05) is 36.8 Å². The van der Waals surface area contributed by atoms with Gasteiger partial charge in [0.2, 0.25) is 0 Å². The monoisotopic (exact) mass is 425 g/mol. The van der Waals surface area contributed by atoms with Crippen molar-refractivity contribution >= 4 is 27.4 Å². The van der Waals surface area contributed by atoms with E-state index in [1.54, 1.807) is 7.11 Å². The number of hydrogen-bond donors (Lipinski definition) is 2. The summed E-state index contributed by atoms with van der Waals surface area (Å²) in [6.07, 6.45) is 6.89. The van der Waals surface area contributed by atoms with E-state index in [0.717, 1.165) is 49.3 Å². The van der Waals surface area contributed by atoms with E-state index in [9.17, 15) is 4.79 Å². The molecule has 1 aromatic carbocycles. The molecule has 3 heterocycles. The minimum atomic E-state index is -0.110. The Hall–Kier alpha value is -2.45. The zero-order valence-corrected chi connectivity index (χ0v) is 18.0. The topological polar surface area (TPSA) is 97.1 Å². The summed E-state index contributed by atoms with van der Waals surface area (Å²) in [7, 11) is 1.64. The maximum Gasteiger partial charge on any atom is 0.261 e. The van der Waals surface area contributed by atoms with Gasteiger partial charge in [-0.3, -0.25) is 4.79 Å². The van der Waals surface area contributed by atoms with Crippen LogP contribution in [0.1, 0.15) is 50.1 Å². The van der Waals surface area contributed by atoms with Gasteiger partial charge in [-0.2, -0.15) is 4.37 Å². The first-order chi connectivity index (χ1) is 14.6. The third-order valence-electron chi connectivity index (χ3n) is 6.39. The van der Waals surface area contributed by atoms with Crippen LogP contribution in [0.15, 0.2) is 23.0 Å². The van der Waals surface area contributed by atoms with Gasteiger partial charge < -0.3 is 20.4 Å². The van der Waals surface area contributed by atoms with E-state index in [1.165, 1.54) is 30.8 Å². The predicted octanol–water partition coefficient (Wildman–Crippen LogP) is 3.64. The number of ether oxygens (including phenoxy) is 1. The van der Waals surface area contributed by atoms with Crippen molar-refractivity contribution in [2.24, 2.45) is 5.73 Å². The number of aromatic amines is 1. The summed E-state index contributed by atoms with van der Waals surface area (Å²) in [4.78, 5) is 23.7. The van der Waals surface area contributed by atoms with Crippen LogP contribution in [0.3, 0.4) is 0 Å². The summed E-state index contributed by atoms with van der Waals surface area (Å²) in [5, 5.41) is 0.664. The second kappa shape index (κ2) is 8.00. The van der Waals surface area contributed by atoms with Crippen molar-refractivity contribution in [3.05, 3.63) is 34.2 Å². The minimum absolute atomic E-state index is 0.110. The molecule has 158 valence electrons. The second-order valence-corrected chi connectivity index (χ2v) is 9.13. The number of fused-ring (bicyclic) bond motifs is 1. The first-order valence-corrected chi connectivity index (χ1v) is 11.5. The van der Waals surface area contributed by atoms with Gasteiger partial charge in [-0.15, -0.1) is 0 Å². The molecule has 8 heteroatoms. The number of H-pyrrole nitrogens is 1. The molecule has 2 aromatic heterocycles. The highest BCUT2D eigenvalue weighted by atomic mass is 32.1. The fraction of sp³-hybridized carbons (Fsp3) is 0.500. The minimum Gasteiger partial charge on any atom is -0.496 e. The molecule has 30 heavy (non-hydrogen) atoms. The van der Waals surface area contributed by atoms with Gasteiger partial charge in [0.05, 0.1) is 18.4 Å². The van der Waals surface area contributed by atoms with Crippen LogP contribution in [0.5, 0.6) is 5.75 Å². The van der Waals surface area contributed by atoms with Crippen LogP contribution in [0.4, 0.5) is 5.69 Å². The molecule has 2 fully saturated rings. The molecule has 1 saturated carbocycles. The summed E-state index contributed by atoms with van der Waals surface area (Å²) < 4.78 is 10.3. The molecular formula is C22H27N5O2S. The lowest BCUT2D eigenvalue weighted by Gasteiger charge is -2.20. The van der Waals surface area contributed by atoms with E-state index in [4.69, 9.17) is 15.5 Å². The maximum absolute atomic E-state index is 13.0. The summed E-state index contributed by atoms with van der Waals surface area (Å²) in [6, 6.07) is 6.21. The molecule has 1 aliphatic heterocycles. The summed E-state index contributed by atoms with van der Waals surface area (Å²) in [5.74, 6) is 1.59. The van der Waals surface area contributed by atoms with Crippen molar-refractivity contribution in [2.75, 3.05) is 25.1 Å². The van der Waals surface area contributed by atoms with Gasteiger partial charge in [-0.1, -0.05) is 19.3 Å². The molecule has 7 nitrogen and oxygen atoms in total. The van der Waals surface area contributed by atoms with Crippen LogP contribution in [0.25, 0.3) is 21.6 Å². The molecule has 0 bridgehead atoms. The Kier molecular flexibility index (Phi) is 5.20. The third-order valence-corrected chi connectivity index (χ3v) is 7.15. The lowest BCUT2D eigenvalue weighted by molar-refractivity contribution is 0.416. The van der Waals surface area contributed by atoms with Crippen molar-refractivity contribution < 1.29 is 4.74 Å². The predicted molar refractivity (Wildman–Crippen MR) is 121 cm³/mol. The van der Waals surface area contributed by atoms with Gasteiger partial charge in [-0.25, -0.2) is 4.98 Å². The van der Waals surface area contributed by atoms with Crippen molar-refractivity contribution in [1.29, 1.82) is 0 Å². The number of nitrogens with zero attached hydrogens (tertiary/aromatic N) is 3. The Labute approximate surface area is 179 Å². The summed E-state index contributed by atoms with van der Waals surface area (Å²) >= 11 is 1.32. The fourth-order valence-electron chi connectivity index (χ4n) is 4.76. The normalized spacial score (nSPS) is 20.2. The lowest BCUT2D eigenvalue weighted by Crippen LogP contribution is -2.26. The third kappa shape index (κ3) is 3.48. The average molecular weight is 426 g/mol. The van der Waals surface area contributed by atoms with Crippen molar-refractivity contribution in [3.63, 3.8) is 0 Å². The fourth-order valence-corrected chi connectivity index (χ4v) is 5.60. The quantitative estimate of drug-likeness (QED) is 0.662. The Morgan fingerprint density at radius 3 is 2.80 bits per heavy atom. The molecule has 0 unspecified atom stereocenters. The van der Waals surface area contributed by atoms with Crippen LogP contribution in [-0.4, -0.2) is 40.6 Å². The molecule has 3 N–H and O–H groups in total. The van der Waals surface area contributed by atoms with E-state index in [-0.39, 0.29) is 11.6 Å².